The third kappa shape index (κ3) is 6.85. The van der Waals surface area contributed by atoms with E-state index < -0.39 is 10.0 Å². The summed E-state index contributed by atoms with van der Waals surface area (Å²) in [5.41, 5.74) is 2.30. The maximum Gasteiger partial charge on any atom is 0.240 e. The first-order chi connectivity index (χ1) is 14.7. The van der Waals surface area contributed by atoms with Gasteiger partial charge in [-0.25, -0.2) is 17.5 Å². The van der Waals surface area contributed by atoms with Crippen LogP contribution in [0.2, 0.25) is 0 Å². The summed E-state index contributed by atoms with van der Waals surface area (Å²) in [6.45, 7) is 5.94. The lowest BCUT2D eigenvalue weighted by atomic mass is 9.98. The SMILES string of the molecule is Cc1ccc(S(=O)(=O)NCC2CCCN(CC(=O)NCc3ccc(C)c(F)c3)C2)cc1. The highest BCUT2D eigenvalue weighted by molar-refractivity contribution is 7.89. The molecule has 1 saturated heterocycles. The maximum atomic E-state index is 13.6. The van der Waals surface area contributed by atoms with Crippen LogP contribution in [0, 0.1) is 25.6 Å². The molecule has 168 valence electrons. The van der Waals surface area contributed by atoms with Gasteiger partial charge in [0.2, 0.25) is 15.9 Å². The zero-order valence-electron chi connectivity index (χ0n) is 18.0. The fourth-order valence-corrected chi connectivity index (χ4v) is 4.81. The fourth-order valence-electron chi connectivity index (χ4n) is 3.70. The molecule has 0 spiro atoms. The van der Waals surface area contributed by atoms with Gasteiger partial charge in [-0.1, -0.05) is 29.8 Å². The molecule has 1 amide bonds. The Labute approximate surface area is 183 Å². The highest BCUT2D eigenvalue weighted by atomic mass is 32.2. The largest absolute Gasteiger partial charge is 0.351 e. The molecule has 1 unspecified atom stereocenters. The van der Waals surface area contributed by atoms with E-state index in [-0.39, 0.29) is 35.6 Å². The Morgan fingerprint density at radius 2 is 1.90 bits per heavy atom. The summed E-state index contributed by atoms with van der Waals surface area (Å²) in [5, 5.41) is 2.83. The number of benzene rings is 2. The first kappa shape index (κ1) is 23.4. The van der Waals surface area contributed by atoms with Gasteiger partial charge in [0.15, 0.2) is 0 Å². The highest BCUT2D eigenvalue weighted by Crippen LogP contribution is 2.17. The third-order valence-electron chi connectivity index (χ3n) is 5.59. The van der Waals surface area contributed by atoms with Crippen molar-refractivity contribution in [3.8, 4) is 0 Å². The minimum absolute atomic E-state index is 0.123. The lowest BCUT2D eigenvalue weighted by Gasteiger charge is -2.32. The highest BCUT2D eigenvalue weighted by Gasteiger charge is 2.23. The van der Waals surface area contributed by atoms with Gasteiger partial charge in [0.1, 0.15) is 5.82 Å². The first-order valence-electron chi connectivity index (χ1n) is 10.5. The quantitative estimate of drug-likeness (QED) is 0.652. The van der Waals surface area contributed by atoms with Crippen LogP contribution < -0.4 is 10.0 Å². The van der Waals surface area contributed by atoms with Crippen LogP contribution in [0.3, 0.4) is 0 Å². The first-order valence-corrected chi connectivity index (χ1v) is 12.0. The summed E-state index contributed by atoms with van der Waals surface area (Å²) >= 11 is 0. The Bertz CT molecular complexity index is 1010. The van der Waals surface area contributed by atoms with Crippen molar-refractivity contribution < 1.29 is 17.6 Å². The van der Waals surface area contributed by atoms with Crippen LogP contribution >= 0.6 is 0 Å². The van der Waals surface area contributed by atoms with Crippen LogP contribution in [-0.2, 0) is 21.4 Å². The number of amides is 1. The van der Waals surface area contributed by atoms with Crippen molar-refractivity contribution in [2.24, 2.45) is 5.92 Å². The number of hydrogen-bond donors (Lipinski definition) is 2. The Hall–Kier alpha value is -2.29. The molecule has 6 nitrogen and oxygen atoms in total. The van der Waals surface area contributed by atoms with Crippen molar-refractivity contribution in [1.82, 2.24) is 14.9 Å². The van der Waals surface area contributed by atoms with E-state index in [1.54, 1.807) is 43.3 Å². The number of carbonyl (C=O) groups is 1. The predicted octanol–water partition coefficient (Wildman–Crippen LogP) is 2.75. The molecule has 1 heterocycles. The van der Waals surface area contributed by atoms with Crippen molar-refractivity contribution in [1.29, 1.82) is 0 Å². The summed E-state index contributed by atoms with van der Waals surface area (Å²) in [4.78, 5) is 14.6. The molecule has 1 aliphatic rings. The summed E-state index contributed by atoms with van der Waals surface area (Å²) in [6, 6.07) is 11.7. The van der Waals surface area contributed by atoms with Crippen LogP contribution in [0.5, 0.6) is 0 Å². The summed E-state index contributed by atoms with van der Waals surface area (Å²) in [7, 11) is -3.54. The Morgan fingerprint density at radius 1 is 1.16 bits per heavy atom. The van der Waals surface area contributed by atoms with E-state index in [0.29, 0.717) is 18.7 Å². The van der Waals surface area contributed by atoms with Crippen molar-refractivity contribution in [2.45, 2.75) is 38.1 Å². The number of carbonyl (C=O) groups excluding carboxylic acids is 1. The molecular formula is C23H30FN3O3S. The molecule has 3 rings (SSSR count). The van der Waals surface area contributed by atoms with Gasteiger partial charge in [-0.15, -0.1) is 0 Å². The van der Waals surface area contributed by atoms with Crippen molar-refractivity contribution in [3.05, 3.63) is 65.0 Å². The summed E-state index contributed by atoms with van der Waals surface area (Å²) in [5.74, 6) is -0.256. The van der Waals surface area contributed by atoms with E-state index in [1.165, 1.54) is 6.07 Å². The van der Waals surface area contributed by atoms with E-state index in [1.807, 2.05) is 11.8 Å². The second-order valence-corrected chi connectivity index (χ2v) is 10.0. The minimum Gasteiger partial charge on any atom is -0.351 e. The average Bonchev–Trinajstić information content (AvgIpc) is 2.74. The molecule has 0 aliphatic carbocycles. The van der Waals surface area contributed by atoms with Crippen LogP contribution in [0.4, 0.5) is 4.39 Å². The number of hydrogen-bond acceptors (Lipinski definition) is 4. The summed E-state index contributed by atoms with van der Waals surface area (Å²) in [6.07, 6.45) is 1.82. The van der Waals surface area contributed by atoms with Gasteiger partial charge in [0.25, 0.3) is 0 Å². The molecular weight excluding hydrogens is 417 g/mol. The number of nitrogens with zero attached hydrogens (tertiary/aromatic N) is 1. The number of aryl methyl sites for hydroxylation is 2. The van der Waals surface area contributed by atoms with Gasteiger partial charge in [-0.3, -0.25) is 9.69 Å². The molecule has 0 saturated carbocycles. The van der Waals surface area contributed by atoms with E-state index in [2.05, 4.69) is 10.0 Å². The van der Waals surface area contributed by atoms with Gasteiger partial charge >= 0.3 is 0 Å². The molecule has 1 fully saturated rings. The van der Waals surface area contributed by atoms with Gasteiger partial charge in [0.05, 0.1) is 11.4 Å². The van der Waals surface area contributed by atoms with Crippen LogP contribution in [0.1, 0.15) is 29.5 Å². The number of sulfonamides is 1. The number of likely N-dealkylation sites (tertiary alicyclic amines) is 1. The van der Waals surface area contributed by atoms with E-state index in [0.717, 1.165) is 30.5 Å². The zero-order chi connectivity index (χ0) is 22.4. The molecule has 1 aliphatic heterocycles. The molecule has 1 atom stereocenters. The number of piperidine rings is 1. The minimum atomic E-state index is -3.54. The van der Waals surface area contributed by atoms with Gasteiger partial charge < -0.3 is 5.32 Å². The second-order valence-electron chi connectivity index (χ2n) is 8.27. The van der Waals surface area contributed by atoms with E-state index >= 15 is 0 Å². The van der Waals surface area contributed by atoms with Crippen molar-refractivity contribution in [2.75, 3.05) is 26.2 Å². The average molecular weight is 448 g/mol. The lowest BCUT2D eigenvalue weighted by Crippen LogP contribution is -2.45. The van der Waals surface area contributed by atoms with Crippen LogP contribution in [0.25, 0.3) is 0 Å². The van der Waals surface area contributed by atoms with Gasteiger partial charge in [-0.2, -0.15) is 0 Å². The number of nitrogens with one attached hydrogen (secondary N) is 2. The van der Waals surface area contributed by atoms with E-state index in [4.69, 9.17) is 0 Å². The molecule has 0 bridgehead atoms. The lowest BCUT2D eigenvalue weighted by molar-refractivity contribution is -0.122. The monoisotopic (exact) mass is 447 g/mol. The number of halogens is 1. The summed E-state index contributed by atoms with van der Waals surface area (Å²) < 4.78 is 41.3. The Balaban J connectivity index is 1.45. The zero-order valence-corrected chi connectivity index (χ0v) is 18.8. The van der Waals surface area contributed by atoms with E-state index in [9.17, 15) is 17.6 Å². The smallest absolute Gasteiger partial charge is 0.240 e. The number of rotatable bonds is 8. The van der Waals surface area contributed by atoms with Crippen LogP contribution in [-0.4, -0.2) is 45.4 Å². The molecule has 8 heteroatoms. The fraction of sp³-hybridized carbons (Fsp3) is 0.435. The molecule has 0 aromatic heterocycles. The molecule has 31 heavy (non-hydrogen) atoms. The second kappa shape index (κ2) is 10.3. The standard InChI is InChI=1S/C23H30FN3O3S/c1-17-5-9-21(10-6-17)31(29,30)26-14-20-4-3-11-27(15-20)16-23(28)25-13-19-8-7-18(2)22(24)12-19/h5-10,12,20,26H,3-4,11,13-16H2,1-2H3,(H,25,28). The normalized spacial score (nSPS) is 17.5. The Kier molecular flexibility index (Phi) is 7.80. The molecule has 2 aromatic carbocycles. The topological polar surface area (TPSA) is 78.5 Å². The molecule has 0 radical (unpaired) electrons. The molecule has 2 N–H and O–H groups in total. The van der Waals surface area contributed by atoms with Crippen molar-refractivity contribution in [3.63, 3.8) is 0 Å². The van der Waals surface area contributed by atoms with Gasteiger partial charge in [-0.05, 0) is 68.5 Å². The van der Waals surface area contributed by atoms with Crippen molar-refractivity contribution >= 4 is 15.9 Å². The van der Waals surface area contributed by atoms with Gasteiger partial charge in [0, 0.05) is 19.6 Å². The Morgan fingerprint density at radius 3 is 2.61 bits per heavy atom. The third-order valence-corrected chi connectivity index (χ3v) is 7.03. The maximum absolute atomic E-state index is 13.6. The van der Waals surface area contributed by atoms with Crippen LogP contribution in [0.15, 0.2) is 47.4 Å². The predicted molar refractivity (Wildman–Crippen MR) is 119 cm³/mol. The molecule has 2 aromatic rings.